The maximum Gasteiger partial charge on any atom is 0.300 e. The second-order valence-corrected chi connectivity index (χ2v) is 5.90. The first-order chi connectivity index (χ1) is 8.92. The summed E-state index contributed by atoms with van der Waals surface area (Å²) in [6.45, 7) is 0. The molecule has 3 rings (SSSR count). The van der Waals surface area contributed by atoms with Crippen molar-refractivity contribution in [2.75, 3.05) is 0 Å². The predicted molar refractivity (Wildman–Crippen MR) is 72.3 cm³/mol. The van der Waals surface area contributed by atoms with Gasteiger partial charge in [0, 0.05) is 0 Å². The lowest BCUT2D eigenvalue weighted by Gasteiger charge is -2.37. The second-order valence-electron chi connectivity index (χ2n) is 5.90. The molecule has 1 saturated heterocycles. The molecule has 0 aromatic heterocycles. The van der Waals surface area contributed by atoms with Crippen molar-refractivity contribution in [3.8, 4) is 0 Å². The lowest BCUT2D eigenvalue weighted by atomic mass is 9.92. The summed E-state index contributed by atoms with van der Waals surface area (Å²) in [5.74, 6) is 0. The molecule has 4 heteroatoms. The minimum atomic E-state index is 0.338. The molecule has 1 aliphatic heterocycles. The SMILES string of the molecule is C1CCCC(N=C2NNC3CCCCC3O2)CC1. The van der Waals surface area contributed by atoms with Crippen molar-refractivity contribution in [2.45, 2.75) is 82.4 Å². The van der Waals surface area contributed by atoms with Crippen molar-refractivity contribution in [3.05, 3.63) is 0 Å². The number of ether oxygens (including phenoxy) is 1. The lowest BCUT2D eigenvalue weighted by Crippen LogP contribution is -2.59. The molecule has 102 valence electrons. The van der Waals surface area contributed by atoms with Gasteiger partial charge in [0.05, 0.1) is 12.1 Å². The van der Waals surface area contributed by atoms with Gasteiger partial charge >= 0.3 is 0 Å². The molecule has 2 atom stereocenters. The standard InChI is InChI=1S/C14H25N3O/c1-2-4-8-11(7-3-1)15-14-17-16-12-9-5-6-10-13(12)18-14/h11-13,16H,1-10H2,(H,15,17). The van der Waals surface area contributed by atoms with Gasteiger partial charge in [0.1, 0.15) is 6.10 Å². The van der Waals surface area contributed by atoms with Crippen LogP contribution in [0.15, 0.2) is 4.99 Å². The van der Waals surface area contributed by atoms with E-state index in [-0.39, 0.29) is 0 Å². The molecule has 3 aliphatic rings. The van der Waals surface area contributed by atoms with Gasteiger partial charge in [-0.1, -0.05) is 32.1 Å². The van der Waals surface area contributed by atoms with Crippen molar-refractivity contribution < 1.29 is 4.74 Å². The predicted octanol–water partition coefficient (Wildman–Crippen LogP) is 2.50. The Morgan fingerprint density at radius 2 is 1.61 bits per heavy atom. The first-order valence-corrected chi connectivity index (χ1v) is 7.68. The maximum atomic E-state index is 6.01. The normalized spacial score (nSPS) is 36.3. The summed E-state index contributed by atoms with van der Waals surface area (Å²) in [6.07, 6.45) is 13.2. The molecular formula is C14H25N3O. The number of rotatable bonds is 1. The topological polar surface area (TPSA) is 45.7 Å². The van der Waals surface area contributed by atoms with E-state index in [0.717, 1.165) is 6.02 Å². The van der Waals surface area contributed by atoms with E-state index >= 15 is 0 Å². The van der Waals surface area contributed by atoms with E-state index in [1.807, 2.05) is 0 Å². The van der Waals surface area contributed by atoms with Crippen molar-refractivity contribution >= 4 is 6.02 Å². The van der Waals surface area contributed by atoms with Crippen LogP contribution in [0.2, 0.25) is 0 Å². The highest BCUT2D eigenvalue weighted by atomic mass is 16.5. The van der Waals surface area contributed by atoms with Crippen molar-refractivity contribution in [1.82, 2.24) is 10.9 Å². The highest BCUT2D eigenvalue weighted by Gasteiger charge is 2.31. The number of hydrazine groups is 1. The Labute approximate surface area is 110 Å². The van der Waals surface area contributed by atoms with Crippen LogP contribution >= 0.6 is 0 Å². The van der Waals surface area contributed by atoms with Gasteiger partial charge in [0.25, 0.3) is 6.02 Å². The summed E-state index contributed by atoms with van der Waals surface area (Å²) in [5.41, 5.74) is 6.53. The van der Waals surface area contributed by atoms with Gasteiger partial charge in [0.15, 0.2) is 0 Å². The molecule has 3 fully saturated rings. The summed E-state index contributed by atoms with van der Waals surface area (Å²) in [7, 11) is 0. The van der Waals surface area contributed by atoms with Gasteiger partial charge in [-0.05, 0) is 32.1 Å². The summed E-state index contributed by atoms with van der Waals surface area (Å²) < 4.78 is 6.01. The molecule has 2 aliphatic carbocycles. The van der Waals surface area contributed by atoms with E-state index in [0.29, 0.717) is 18.2 Å². The largest absolute Gasteiger partial charge is 0.459 e. The quantitative estimate of drug-likeness (QED) is 0.704. The van der Waals surface area contributed by atoms with Crippen LogP contribution in [-0.4, -0.2) is 24.2 Å². The number of nitrogens with one attached hydrogen (secondary N) is 2. The van der Waals surface area contributed by atoms with E-state index in [2.05, 4.69) is 10.9 Å². The monoisotopic (exact) mass is 251 g/mol. The Bertz CT molecular complexity index is 297. The van der Waals surface area contributed by atoms with Gasteiger partial charge < -0.3 is 4.74 Å². The number of amidine groups is 1. The molecule has 0 aromatic carbocycles. The Kier molecular flexibility index (Phi) is 4.03. The van der Waals surface area contributed by atoms with E-state index < -0.39 is 0 Å². The number of hydrogen-bond donors (Lipinski definition) is 2. The average Bonchev–Trinajstić information content (AvgIpc) is 2.67. The van der Waals surface area contributed by atoms with E-state index in [9.17, 15) is 0 Å². The molecule has 18 heavy (non-hydrogen) atoms. The van der Waals surface area contributed by atoms with Gasteiger partial charge in [-0.2, -0.15) is 0 Å². The van der Waals surface area contributed by atoms with Crippen LogP contribution in [0.5, 0.6) is 0 Å². The van der Waals surface area contributed by atoms with Crippen LogP contribution in [0.3, 0.4) is 0 Å². The first kappa shape index (κ1) is 12.3. The zero-order valence-electron chi connectivity index (χ0n) is 11.2. The molecule has 1 heterocycles. The Balaban J connectivity index is 1.58. The fraction of sp³-hybridized carbons (Fsp3) is 0.929. The van der Waals surface area contributed by atoms with Crippen molar-refractivity contribution in [1.29, 1.82) is 0 Å². The third kappa shape index (κ3) is 2.97. The van der Waals surface area contributed by atoms with Crippen LogP contribution < -0.4 is 10.9 Å². The molecule has 0 radical (unpaired) electrons. The van der Waals surface area contributed by atoms with E-state index in [1.54, 1.807) is 0 Å². The Hall–Kier alpha value is -0.770. The lowest BCUT2D eigenvalue weighted by molar-refractivity contribution is 0.0619. The fourth-order valence-corrected chi connectivity index (χ4v) is 3.35. The van der Waals surface area contributed by atoms with Crippen LogP contribution in [0.1, 0.15) is 64.2 Å². The second kappa shape index (κ2) is 5.91. The van der Waals surface area contributed by atoms with E-state index in [4.69, 9.17) is 9.73 Å². The van der Waals surface area contributed by atoms with E-state index in [1.165, 1.54) is 64.2 Å². The van der Waals surface area contributed by atoms with Gasteiger partial charge in [-0.3, -0.25) is 5.43 Å². The molecule has 0 amide bonds. The van der Waals surface area contributed by atoms with Crippen LogP contribution in [0.4, 0.5) is 0 Å². The molecule has 2 saturated carbocycles. The highest BCUT2D eigenvalue weighted by Crippen LogP contribution is 2.24. The Morgan fingerprint density at radius 1 is 0.889 bits per heavy atom. The highest BCUT2D eigenvalue weighted by molar-refractivity contribution is 5.74. The van der Waals surface area contributed by atoms with Crippen molar-refractivity contribution in [2.24, 2.45) is 4.99 Å². The van der Waals surface area contributed by atoms with Crippen LogP contribution in [0, 0.1) is 0 Å². The molecule has 2 N–H and O–H groups in total. The zero-order chi connectivity index (χ0) is 12.2. The van der Waals surface area contributed by atoms with Gasteiger partial charge in [-0.25, -0.2) is 10.4 Å². The minimum absolute atomic E-state index is 0.338. The average molecular weight is 251 g/mol. The number of hydrogen-bond acceptors (Lipinski definition) is 3. The molecule has 0 bridgehead atoms. The van der Waals surface area contributed by atoms with Crippen LogP contribution in [0.25, 0.3) is 0 Å². The summed E-state index contributed by atoms with van der Waals surface area (Å²) >= 11 is 0. The smallest absolute Gasteiger partial charge is 0.300 e. The zero-order valence-corrected chi connectivity index (χ0v) is 11.2. The minimum Gasteiger partial charge on any atom is -0.459 e. The third-order valence-electron chi connectivity index (χ3n) is 4.45. The number of nitrogens with zero attached hydrogens (tertiary/aromatic N) is 1. The maximum absolute atomic E-state index is 6.01. The molecular weight excluding hydrogens is 226 g/mol. The summed E-state index contributed by atoms with van der Waals surface area (Å²) in [6, 6.07) is 1.69. The molecule has 0 aromatic rings. The third-order valence-corrected chi connectivity index (χ3v) is 4.45. The van der Waals surface area contributed by atoms with Gasteiger partial charge in [-0.15, -0.1) is 0 Å². The molecule has 0 spiro atoms. The number of fused-ring (bicyclic) bond motifs is 1. The first-order valence-electron chi connectivity index (χ1n) is 7.68. The van der Waals surface area contributed by atoms with Crippen LogP contribution in [-0.2, 0) is 4.74 Å². The fourth-order valence-electron chi connectivity index (χ4n) is 3.35. The Morgan fingerprint density at radius 3 is 2.44 bits per heavy atom. The summed E-state index contributed by atoms with van der Waals surface area (Å²) in [5, 5.41) is 0. The van der Waals surface area contributed by atoms with Crippen molar-refractivity contribution in [3.63, 3.8) is 0 Å². The van der Waals surface area contributed by atoms with Gasteiger partial charge in [0.2, 0.25) is 0 Å². The number of aliphatic imine (C=N–C) groups is 1. The molecule has 4 nitrogen and oxygen atoms in total. The summed E-state index contributed by atoms with van der Waals surface area (Å²) in [4.78, 5) is 4.77. The molecule has 2 unspecified atom stereocenters.